The van der Waals surface area contributed by atoms with Gasteiger partial charge in [0.2, 0.25) is 0 Å². The second kappa shape index (κ2) is 3.98. The summed E-state index contributed by atoms with van der Waals surface area (Å²) in [6.07, 6.45) is 3.29. The summed E-state index contributed by atoms with van der Waals surface area (Å²) in [5.74, 6) is 1.64. The summed E-state index contributed by atoms with van der Waals surface area (Å²) >= 11 is 0. The van der Waals surface area contributed by atoms with E-state index in [9.17, 15) is 0 Å². The van der Waals surface area contributed by atoms with Crippen LogP contribution in [0.2, 0.25) is 0 Å². The lowest BCUT2D eigenvalue weighted by atomic mass is 10.00. The quantitative estimate of drug-likeness (QED) is 0.722. The van der Waals surface area contributed by atoms with Gasteiger partial charge in [-0.2, -0.15) is 4.98 Å². The number of aryl methyl sites for hydroxylation is 1. The number of hydrogen-bond donors (Lipinski definition) is 0. The van der Waals surface area contributed by atoms with Gasteiger partial charge < -0.3 is 9.42 Å². The molecule has 1 saturated heterocycles. The maximum atomic E-state index is 5.20. The van der Waals surface area contributed by atoms with E-state index < -0.39 is 0 Å². The summed E-state index contributed by atoms with van der Waals surface area (Å²) in [5, 5.41) is 3.90. The Labute approximate surface area is 84.3 Å². The second-order valence-corrected chi connectivity index (χ2v) is 4.02. The van der Waals surface area contributed by atoms with Crippen LogP contribution < -0.4 is 4.90 Å². The van der Waals surface area contributed by atoms with E-state index in [1.54, 1.807) is 0 Å². The molecule has 0 aromatic carbocycles. The summed E-state index contributed by atoms with van der Waals surface area (Å²) in [6, 6.07) is 0.703. The number of anilines is 1. The molecule has 0 saturated carbocycles. The van der Waals surface area contributed by atoms with Crippen molar-refractivity contribution in [3.63, 3.8) is 0 Å². The van der Waals surface area contributed by atoms with Crippen LogP contribution in [0.5, 0.6) is 0 Å². The standard InChI is InChI=1S/C10H17N3O/c1-3-9-11-10(14-12-9)13-6-4-8(2)5-7-13/h8H,3-7H2,1-2H3. The lowest BCUT2D eigenvalue weighted by Gasteiger charge is -2.28. The first-order chi connectivity index (χ1) is 6.79. The van der Waals surface area contributed by atoms with Gasteiger partial charge >= 0.3 is 6.01 Å². The highest BCUT2D eigenvalue weighted by molar-refractivity contribution is 5.25. The molecule has 1 aliphatic rings. The SMILES string of the molecule is CCc1noc(N2CCC(C)CC2)n1. The van der Waals surface area contributed by atoms with E-state index >= 15 is 0 Å². The van der Waals surface area contributed by atoms with Crippen molar-refractivity contribution in [2.75, 3.05) is 18.0 Å². The van der Waals surface area contributed by atoms with E-state index in [0.29, 0.717) is 6.01 Å². The third kappa shape index (κ3) is 1.89. The Bertz CT molecular complexity index is 289. The maximum Gasteiger partial charge on any atom is 0.324 e. The Morgan fingerprint density at radius 1 is 1.43 bits per heavy atom. The molecule has 1 aromatic rings. The molecule has 2 rings (SSSR count). The zero-order valence-electron chi connectivity index (χ0n) is 8.86. The summed E-state index contributed by atoms with van der Waals surface area (Å²) in [5.41, 5.74) is 0. The Balaban J connectivity index is 2.01. The number of nitrogens with zero attached hydrogens (tertiary/aromatic N) is 3. The molecule has 4 nitrogen and oxygen atoms in total. The van der Waals surface area contributed by atoms with Crippen molar-refractivity contribution in [3.8, 4) is 0 Å². The summed E-state index contributed by atoms with van der Waals surface area (Å²) in [4.78, 5) is 6.51. The van der Waals surface area contributed by atoms with Gasteiger partial charge in [0.1, 0.15) is 0 Å². The van der Waals surface area contributed by atoms with Crippen LogP contribution >= 0.6 is 0 Å². The van der Waals surface area contributed by atoms with Crippen LogP contribution in [0.1, 0.15) is 32.5 Å². The first-order valence-electron chi connectivity index (χ1n) is 5.37. The second-order valence-electron chi connectivity index (χ2n) is 4.02. The molecule has 0 amide bonds. The van der Waals surface area contributed by atoms with Crippen molar-refractivity contribution >= 4 is 6.01 Å². The molecule has 1 aliphatic heterocycles. The molecule has 2 heterocycles. The van der Waals surface area contributed by atoms with Crippen molar-refractivity contribution in [2.45, 2.75) is 33.1 Å². The minimum Gasteiger partial charge on any atom is -0.324 e. The Morgan fingerprint density at radius 3 is 2.71 bits per heavy atom. The largest absolute Gasteiger partial charge is 0.324 e. The van der Waals surface area contributed by atoms with Crippen LogP contribution in [0.15, 0.2) is 4.52 Å². The van der Waals surface area contributed by atoms with Crippen LogP contribution in [0, 0.1) is 5.92 Å². The zero-order valence-corrected chi connectivity index (χ0v) is 8.86. The van der Waals surface area contributed by atoms with Crippen molar-refractivity contribution in [2.24, 2.45) is 5.92 Å². The average Bonchev–Trinajstić information content (AvgIpc) is 2.67. The van der Waals surface area contributed by atoms with Crippen LogP contribution in [0.3, 0.4) is 0 Å². The van der Waals surface area contributed by atoms with E-state index in [-0.39, 0.29) is 0 Å². The summed E-state index contributed by atoms with van der Waals surface area (Å²) < 4.78 is 5.20. The van der Waals surface area contributed by atoms with Crippen molar-refractivity contribution in [3.05, 3.63) is 5.82 Å². The van der Waals surface area contributed by atoms with Gasteiger partial charge in [-0.05, 0) is 18.8 Å². The minimum atomic E-state index is 0.703. The Morgan fingerprint density at radius 2 is 2.14 bits per heavy atom. The molecule has 0 atom stereocenters. The van der Waals surface area contributed by atoms with Crippen LogP contribution in [0.25, 0.3) is 0 Å². The molecule has 0 aliphatic carbocycles. The molecule has 1 aromatic heterocycles. The molecule has 0 radical (unpaired) electrons. The number of rotatable bonds is 2. The first kappa shape index (κ1) is 9.49. The summed E-state index contributed by atoms with van der Waals surface area (Å²) in [7, 11) is 0. The third-order valence-electron chi connectivity index (χ3n) is 2.83. The van der Waals surface area contributed by atoms with E-state index in [4.69, 9.17) is 4.52 Å². The van der Waals surface area contributed by atoms with Crippen LogP contribution in [-0.4, -0.2) is 23.2 Å². The zero-order chi connectivity index (χ0) is 9.97. The van der Waals surface area contributed by atoms with Gasteiger partial charge in [0.25, 0.3) is 0 Å². The lowest BCUT2D eigenvalue weighted by Crippen LogP contribution is -2.32. The van der Waals surface area contributed by atoms with Crippen molar-refractivity contribution in [1.29, 1.82) is 0 Å². The van der Waals surface area contributed by atoms with Gasteiger partial charge in [-0.25, -0.2) is 0 Å². The van der Waals surface area contributed by atoms with Gasteiger partial charge in [-0.15, -0.1) is 0 Å². The highest BCUT2D eigenvalue weighted by Crippen LogP contribution is 2.21. The molecule has 0 bridgehead atoms. The average molecular weight is 195 g/mol. The molecule has 0 unspecified atom stereocenters. The highest BCUT2D eigenvalue weighted by Gasteiger charge is 2.20. The van der Waals surface area contributed by atoms with E-state index in [1.165, 1.54) is 12.8 Å². The number of hydrogen-bond acceptors (Lipinski definition) is 4. The predicted octanol–water partition coefficient (Wildman–Crippen LogP) is 1.87. The van der Waals surface area contributed by atoms with Crippen LogP contribution in [-0.2, 0) is 6.42 Å². The number of aromatic nitrogens is 2. The van der Waals surface area contributed by atoms with Crippen LogP contribution in [0.4, 0.5) is 6.01 Å². The third-order valence-corrected chi connectivity index (χ3v) is 2.83. The Kier molecular flexibility index (Phi) is 2.70. The molecule has 14 heavy (non-hydrogen) atoms. The summed E-state index contributed by atoms with van der Waals surface area (Å²) in [6.45, 7) is 6.43. The molecule has 1 fully saturated rings. The van der Waals surface area contributed by atoms with E-state index in [1.807, 2.05) is 6.92 Å². The van der Waals surface area contributed by atoms with Crippen molar-refractivity contribution < 1.29 is 4.52 Å². The van der Waals surface area contributed by atoms with E-state index in [2.05, 4.69) is 22.0 Å². The molecule has 0 N–H and O–H groups in total. The van der Waals surface area contributed by atoms with Gasteiger partial charge in [0.05, 0.1) is 0 Å². The fourth-order valence-electron chi connectivity index (χ4n) is 1.72. The Hall–Kier alpha value is -1.06. The molecule has 4 heteroatoms. The fraction of sp³-hybridized carbons (Fsp3) is 0.800. The maximum absolute atomic E-state index is 5.20. The van der Waals surface area contributed by atoms with Gasteiger partial charge in [-0.3, -0.25) is 0 Å². The number of piperidine rings is 1. The first-order valence-corrected chi connectivity index (χ1v) is 5.37. The molecular formula is C10H17N3O. The monoisotopic (exact) mass is 195 g/mol. The van der Waals surface area contributed by atoms with E-state index in [0.717, 1.165) is 31.3 Å². The van der Waals surface area contributed by atoms with Gasteiger partial charge in [0, 0.05) is 19.5 Å². The minimum absolute atomic E-state index is 0.703. The highest BCUT2D eigenvalue weighted by atomic mass is 16.5. The van der Waals surface area contributed by atoms with Gasteiger partial charge in [-0.1, -0.05) is 19.0 Å². The van der Waals surface area contributed by atoms with Crippen molar-refractivity contribution in [1.82, 2.24) is 10.1 Å². The predicted molar refractivity (Wildman–Crippen MR) is 54.3 cm³/mol. The molecule has 78 valence electrons. The smallest absolute Gasteiger partial charge is 0.324 e. The lowest BCUT2D eigenvalue weighted by molar-refractivity contribution is 0.373. The molecule has 0 spiro atoms. The van der Waals surface area contributed by atoms with Gasteiger partial charge in [0.15, 0.2) is 5.82 Å². The normalized spacial score (nSPS) is 18.9. The fourth-order valence-corrected chi connectivity index (χ4v) is 1.72. The molecular weight excluding hydrogens is 178 g/mol. The topological polar surface area (TPSA) is 42.2 Å².